The molecule has 88 valence electrons. The Bertz CT molecular complexity index is 325. The highest BCUT2D eigenvalue weighted by atomic mass is 16.6. The number of allylic oxidation sites excluding steroid dienone is 1. The van der Waals surface area contributed by atoms with Gasteiger partial charge in [-0.15, -0.1) is 0 Å². The third kappa shape index (κ3) is 3.61. The molecule has 1 heterocycles. The number of aldehydes is 1. The average molecular weight is 223 g/mol. The van der Waals surface area contributed by atoms with Crippen LogP contribution in [0.4, 0.5) is 0 Å². The Morgan fingerprint density at radius 3 is 2.62 bits per heavy atom. The lowest BCUT2D eigenvalue weighted by Gasteiger charge is -2.21. The number of nitrogens with zero attached hydrogens (tertiary/aromatic N) is 1. The lowest BCUT2D eigenvalue weighted by molar-refractivity contribution is -0.155. The van der Waals surface area contributed by atoms with E-state index in [1.807, 2.05) is 20.8 Å². The summed E-state index contributed by atoms with van der Waals surface area (Å²) in [6.07, 6.45) is 6.30. The zero-order valence-electron chi connectivity index (χ0n) is 9.90. The molecule has 0 aromatic rings. The third-order valence-corrected chi connectivity index (χ3v) is 2.14. The number of ether oxygens (including phenoxy) is 1. The second kappa shape index (κ2) is 4.60. The predicted molar refractivity (Wildman–Crippen MR) is 61.5 cm³/mol. The van der Waals surface area contributed by atoms with Crippen molar-refractivity contribution in [2.75, 3.05) is 0 Å². The standard InChI is InChI=1S/C12H17NO3/c1-11(2,3)16-10(15)5-7-12(9-14)6-4-8-13-12/h4,6,8-9H,5,7H2,1-3H3. The number of carbonyl (C=O) groups is 2. The number of hydrogen-bond donors (Lipinski definition) is 0. The van der Waals surface area contributed by atoms with Crippen LogP contribution in [0, 0.1) is 0 Å². The minimum absolute atomic E-state index is 0.192. The van der Waals surface area contributed by atoms with Crippen molar-refractivity contribution in [2.45, 2.75) is 44.8 Å². The molecule has 1 atom stereocenters. The lowest BCUT2D eigenvalue weighted by Crippen LogP contribution is -2.28. The summed E-state index contributed by atoms with van der Waals surface area (Å²) in [4.78, 5) is 26.4. The number of carbonyl (C=O) groups excluding carboxylic acids is 2. The maximum Gasteiger partial charge on any atom is 0.306 e. The fourth-order valence-corrected chi connectivity index (χ4v) is 1.41. The molecular formula is C12H17NO3. The summed E-state index contributed by atoms with van der Waals surface area (Å²) in [6, 6.07) is 0. The van der Waals surface area contributed by atoms with Crippen molar-refractivity contribution < 1.29 is 14.3 Å². The molecule has 1 aliphatic heterocycles. The van der Waals surface area contributed by atoms with Gasteiger partial charge in [-0.1, -0.05) is 0 Å². The van der Waals surface area contributed by atoms with E-state index in [9.17, 15) is 9.59 Å². The van der Waals surface area contributed by atoms with E-state index in [4.69, 9.17) is 4.74 Å². The Balaban J connectivity index is 2.46. The molecule has 0 bridgehead atoms. The molecule has 0 spiro atoms. The van der Waals surface area contributed by atoms with Crippen molar-refractivity contribution >= 4 is 18.5 Å². The van der Waals surface area contributed by atoms with Gasteiger partial charge in [0.25, 0.3) is 0 Å². The summed E-state index contributed by atoms with van der Waals surface area (Å²) in [5, 5.41) is 0. The summed E-state index contributed by atoms with van der Waals surface area (Å²) in [6.45, 7) is 5.44. The summed E-state index contributed by atoms with van der Waals surface area (Å²) in [5.74, 6) is -0.302. The van der Waals surface area contributed by atoms with Crippen molar-refractivity contribution in [2.24, 2.45) is 4.99 Å². The number of esters is 1. The third-order valence-electron chi connectivity index (χ3n) is 2.14. The predicted octanol–water partition coefficient (Wildman–Crippen LogP) is 1.69. The lowest BCUT2D eigenvalue weighted by atomic mass is 9.97. The van der Waals surface area contributed by atoms with Crippen LogP contribution in [0.1, 0.15) is 33.6 Å². The van der Waals surface area contributed by atoms with Crippen LogP contribution < -0.4 is 0 Å². The normalized spacial score (nSPS) is 23.4. The Morgan fingerprint density at radius 1 is 1.50 bits per heavy atom. The molecule has 0 aromatic heterocycles. The van der Waals surface area contributed by atoms with Crippen molar-refractivity contribution in [3.63, 3.8) is 0 Å². The van der Waals surface area contributed by atoms with Gasteiger partial charge in [-0.05, 0) is 39.3 Å². The zero-order chi connectivity index (χ0) is 12.2. The van der Waals surface area contributed by atoms with Crippen LogP contribution in [0.3, 0.4) is 0 Å². The average Bonchev–Trinajstić information content (AvgIpc) is 2.61. The molecule has 1 rings (SSSR count). The van der Waals surface area contributed by atoms with E-state index < -0.39 is 11.1 Å². The molecule has 1 aliphatic rings. The quantitative estimate of drug-likeness (QED) is 0.538. The van der Waals surface area contributed by atoms with Gasteiger partial charge in [0.1, 0.15) is 11.1 Å². The first kappa shape index (κ1) is 12.6. The summed E-state index contributed by atoms with van der Waals surface area (Å²) in [5.41, 5.74) is -1.34. The number of rotatable bonds is 4. The zero-order valence-corrected chi connectivity index (χ0v) is 9.90. The molecular weight excluding hydrogens is 206 g/mol. The summed E-state index contributed by atoms with van der Waals surface area (Å²) >= 11 is 0. The van der Waals surface area contributed by atoms with E-state index in [2.05, 4.69) is 4.99 Å². The Hall–Kier alpha value is -1.45. The molecule has 0 aliphatic carbocycles. The minimum Gasteiger partial charge on any atom is -0.460 e. The molecule has 0 fully saturated rings. The van der Waals surface area contributed by atoms with Gasteiger partial charge in [0.05, 0.1) is 0 Å². The van der Waals surface area contributed by atoms with E-state index in [1.54, 1.807) is 18.4 Å². The van der Waals surface area contributed by atoms with E-state index in [-0.39, 0.29) is 12.4 Å². The number of hydrogen-bond acceptors (Lipinski definition) is 4. The summed E-state index contributed by atoms with van der Waals surface area (Å²) in [7, 11) is 0. The van der Waals surface area contributed by atoms with Crippen LogP contribution >= 0.6 is 0 Å². The van der Waals surface area contributed by atoms with Crippen LogP contribution in [0.2, 0.25) is 0 Å². The second-order valence-corrected chi connectivity index (χ2v) is 4.83. The molecule has 0 amide bonds. The molecule has 0 N–H and O–H groups in total. The highest BCUT2D eigenvalue weighted by Crippen LogP contribution is 2.21. The van der Waals surface area contributed by atoms with E-state index in [0.717, 1.165) is 6.29 Å². The molecule has 4 heteroatoms. The van der Waals surface area contributed by atoms with Gasteiger partial charge >= 0.3 is 5.97 Å². The maximum atomic E-state index is 11.5. The SMILES string of the molecule is CC(C)(C)OC(=O)CCC1(C=O)C=CC=N1. The topological polar surface area (TPSA) is 55.7 Å². The van der Waals surface area contributed by atoms with E-state index >= 15 is 0 Å². The molecule has 16 heavy (non-hydrogen) atoms. The Morgan fingerprint density at radius 2 is 2.19 bits per heavy atom. The van der Waals surface area contributed by atoms with Crippen molar-refractivity contribution in [1.82, 2.24) is 0 Å². The Kier molecular flexibility index (Phi) is 3.62. The highest BCUT2D eigenvalue weighted by Gasteiger charge is 2.29. The monoisotopic (exact) mass is 223 g/mol. The van der Waals surface area contributed by atoms with Crippen molar-refractivity contribution in [3.8, 4) is 0 Å². The number of aliphatic imine (C=N–C) groups is 1. The van der Waals surface area contributed by atoms with E-state index in [0.29, 0.717) is 6.42 Å². The Labute approximate surface area is 95.4 Å². The molecule has 0 aromatic carbocycles. The maximum absolute atomic E-state index is 11.5. The first-order valence-electron chi connectivity index (χ1n) is 5.28. The van der Waals surface area contributed by atoms with Crippen LogP contribution in [0.15, 0.2) is 17.1 Å². The van der Waals surface area contributed by atoms with Gasteiger partial charge in [0.15, 0.2) is 6.29 Å². The molecule has 1 unspecified atom stereocenters. The van der Waals surface area contributed by atoms with E-state index in [1.165, 1.54) is 0 Å². The van der Waals surface area contributed by atoms with Crippen LogP contribution in [0.5, 0.6) is 0 Å². The summed E-state index contributed by atoms with van der Waals surface area (Å²) < 4.78 is 5.16. The van der Waals surface area contributed by atoms with Gasteiger partial charge in [0.2, 0.25) is 0 Å². The molecule has 0 saturated carbocycles. The first-order valence-corrected chi connectivity index (χ1v) is 5.28. The largest absolute Gasteiger partial charge is 0.460 e. The smallest absolute Gasteiger partial charge is 0.306 e. The van der Waals surface area contributed by atoms with Gasteiger partial charge in [0, 0.05) is 12.6 Å². The fraction of sp³-hybridized carbons (Fsp3) is 0.583. The minimum atomic E-state index is -0.850. The first-order chi connectivity index (χ1) is 7.37. The molecule has 0 radical (unpaired) electrons. The second-order valence-electron chi connectivity index (χ2n) is 4.83. The van der Waals surface area contributed by atoms with Crippen molar-refractivity contribution in [3.05, 3.63) is 12.2 Å². The van der Waals surface area contributed by atoms with Crippen molar-refractivity contribution in [1.29, 1.82) is 0 Å². The van der Waals surface area contributed by atoms with Gasteiger partial charge in [-0.3, -0.25) is 9.79 Å². The van der Waals surface area contributed by atoms with Crippen LogP contribution in [-0.2, 0) is 14.3 Å². The van der Waals surface area contributed by atoms with Gasteiger partial charge in [-0.25, -0.2) is 0 Å². The molecule has 0 saturated heterocycles. The van der Waals surface area contributed by atoms with Crippen LogP contribution in [-0.4, -0.2) is 29.6 Å². The highest BCUT2D eigenvalue weighted by molar-refractivity contribution is 5.84. The molecule has 4 nitrogen and oxygen atoms in total. The fourth-order valence-electron chi connectivity index (χ4n) is 1.41. The van der Waals surface area contributed by atoms with Crippen LogP contribution in [0.25, 0.3) is 0 Å². The van der Waals surface area contributed by atoms with Gasteiger partial charge in [-0.2, -0.15) is 0 Å². The van der Waals surface area contributed by atoms with Gasteiger partial charge < -0.3 is 9.53 Å².